The first-order valence-corrected chi connectivity index (χ1v) is 4.58. The van der Waals surface area contributed by atoms with Crippen molar-refractivity contribution in [2.75, 3.05) is 0 Å². The van der Waals surface area contributed by atoms with Gasteiger partial charge in [0.05, 0.1) is 17.2 Å². The fraction of sp³-hybridized carbons (Fsp3) is 0.500. The number of hydrogen-bond acceptors (Lipinski definition) is 2. The maximum Gasteiger partial charge on any atom is 0.128 e. The largest absolute Gasteiger partial charge is 0.270 e. The van der Waals surface area contributed by atoms with Gasteiger partial charge in [0, 0.05) is 7.05 Å². The Kier molecular flexibility index (Phi) is 1.52. The molecule has 0 saturated heterocycles. The molecule has 1 saturated carbocycles. The van der Waals surface area contributed by atoms with Crippen molar-refractivity contribution in [3.63, 3.8) is 0 Å². The van der Waals surface area contributed by atoms with Gasteiger partial charge in [0.25, 0.3) is 0 Å². The molecular formula is C8H8BrN3. The van der Waals surface area contributed by atoms with Gasteiger partial charge < -0.3 is 0 Å². The Morgan fingerprint density at radius 3 is 2.75 bits per heavy atom. The smallest absolute Gasteiger partial charge is 0.128 e. The van der Waals surface area contributed by atoms with E-state index in [0.29, 0.717) is 0 Å². The van der Waals surface area contributed by atoms with Crippen molar-refractivity contribution in [2.24, 2.45) is 7.05 Å². The second-order valence-electron chi connectivity index (χ2n) is 3.17. The van der Waals surface area contributed by atoms with Crippen LogP contribution in [0.5, 0.6) is 0 Å². The predicted octanol–water partition coefficient (Wildman–Crippen LogP) is 1.74. The Morgan fingerprint density at radius 2 is 2.42 bits per heavy atom. The summed E-state index contributed by atoms with van der Waals surface area (Å²) in [6.45, 7) is 0. The highest BCUT2D eigenvalue weighted by Crippen LogP contribution is 2.47. The van der Waals surface area contributed by atoms with Crippen LogP contribution in [0.2, 0.25) is 0 Å². The molecule has 0 unspecified atom stereocenters. The van der Waals surface area contributed by atoms with E-state index in [1.54, 1.807) is 4.68 Å². The van der Waals surface area contributed by atoms with Gasteiger partial charge in [0.1, 0.15) is 4.60 Å². The van der Waals surface area contributed by atoms with E-state index < -0.39 is 0 Å². The molecule has 1 heterocycles. The molecule has 0 amide bonds. The van der Waals surface area contributed by atoms with Crippen molar-refractivity contribution >= 4 is 15.9 Å². The summed E-state index contributed by atoms with van der Waals surface area (Å²) in [6, 6.07) is 4.27. The van der Waals surface area contributed by atoms with Gasteiger partial charge >= 0.3 is 0 Å². The van der Waals surface area contributed by atoms with Crippen LogP contribution in [0.4, 0.5) is 0 Å². The van der Waals surface area contributed by atoms with E-state index in [2.05, 4.69) is 27.1 Å². The van der Waals surface area contributed by atoms with E-state index >= 15 is 0 Å². The average Bonchev–Trinajstić information content (AvgIpc) is 2.74. The third-order valence-corrected chi connectivity index (χ3v) is 2.69. The molecule has 62 valence electrons. The van der Waals surface area contributed by atoms with Crippen LogP contribution in [-0.4, -0.2) is 9.78 Å². The van der Waals surface area contributed by atoms with Gasteiger partial charge in [-0.2, -0.15) is 10.4 Å². The van der Waals surface area contributed by atoms with Gasteiger partial charge in [-0.1, -0.05) is 0 Å². The molecule has 0 spiro atoms. The number of nitriles is 1. The van der Waals surface area contributed by atoms with Crippen molar-refractivity contribution in [3.8, 4) is 6.07 Å². The number of hydrogen-bond donors (Lipinski definition) is 0. The molecule has 0 atom stereocenters. The van der Waals surface area contributed by atoms with Gasteiger partial charge in [-0.25, -0.2) is 0 Å². The highest BCUT2D eigenvalue weighted by Gasteiger charge is 2.47. The van der Waals surface area contributed by atoms with Crippen molar-refractivity contribution in [3.05, 3.63) is 16.4 Å². The minimum absolute atomic E-state index is 0.228. The maximum atomic E-state index is 8.94. The lowest BCUT2D eigenvalue weighted by Crippen LogP contribution is -2.09. The first kappa shape index (κ1) is 7.81. The number of rotatable bonds is 1. The molecule has 4 heteroatoms. The van der Waals surface area contributed by atoms with Crippen LogP contribution >= 0.6 is 15.9 Å². The number of aromatic nitrogens is 2. The average molecular weight is 226 g/mol. The second kappa shape index (κ2) is 2.33. The number of nitrogens with zero attached hydrogens (tertiary/aromatic N) is 3. The number of halogens is 1. The summed E-state index contributed by atoms with van der Waals surface area (Å²) >= 11 is 3.29. The van der Waals surface area contributed by atoms with Crippen molar-refractivity contribution < 1.29 is 0 Å². The molecule has 1 aliphatic rings. The first-order chi connectivity index (χ1) is 5.68. The van der Waals surface area contributed by atoms with Gasteiger partial charge in [0.15, 0.2) is 0 Å². The summed E-state index contributed by atoms with van der Waals surface area (Å²) in [5, 5.41) is 13.1. The van der Waals surface area contributed by atoms with E-state index in [1.807, 2.05) is 13.1 Å². The van der Waals surface area contributed by atoms with Crippen molar-refractivity contribution in [1.29, 1.82) is 5.26 Å². The molecule has 1 aromatic rings. The molecule has 0 radical (unpaired) electrons. The Morgan fingerprint density at radius 1 is 1.75 bits per heavy atom. The van der Waals surface area contributed by atoms with Crippen LogP contribution in [0, 0.1) is 11.3 Å². The molecule has 0 aliphatic heterocycles. The van der Waals surface area contributed by atoms with Crippen molar-refractivity contribution in [2.45, 2.75) is 18.3 Å². The van der Waals surface area contributed by atoms with Crippen LogP contribution in [0.25, 0.3) is 0 Å². The lowest BCUT2D eigenvalue weighted by Gasteiger charge is -2.04. The highest BCUT2D eigenvalue weighted by atomic mass is 79.9. The zero-order valence-electron chi connectivity index (χ0n) is 6.71. The van der Waals surface area contributed by atoms with Crippen LogP contribution in [0.1, 0.15) is 18.5 Å². The summed E-state index contributed by atoms with van der Waals surface area (Å²) in [5.74, 6) is 0. The minimum atomic E-state index is -0.228. The van der Waals surface area contributed by atoms with E-state index in [1.165, 1.54) is 0 Å². The summed E-state index contributed by atoms with van der Waals surface area (Å²) in [6.07, 6.45) is 1.94. The topological polar surface area (TPSA) is 41.6 Å². The summed E-state index contributed by atoms with van der Waals surface area (Å²) < 4.78 is 2.59. The molecule has 1 aliphatic carbocycles. The molecule has 0 aromatic carbocycles. The van der Waals surface area contributed by atoms with E-state index in [4.69, 9.17) is 5.26 Å². The Hall–Kier alpha value is -0.820. The molecule has 3 nitrogen and oxygen atoms in total. The quantitative estimate of drug-likeness (QED) is 0.731. The fourth-order valence-corrected chi connectivity index (χ4v) is 1.89. The number of aryl methyl sites for hydroxylation is 1. The van der Waals surface area contributed by atoms with E-state index in [9.17, 15) is 0 Å². The molecular weight excluding hydrogens is 218 g/mol. The van der Waals surface area contributed by atoms with Crippen LogP contribution < -0.4 is 0 Å². The Bertz CT molecular complexity index is 357. The lowest BCUT2D eigenvalue weighted by atomic mass is 10.1. The van der Waals surface area contributed by atoms with E-state index in [-0.39, 0.29) is 5.41 Å². The zero-order chi connectivity index (χ0) is 8.77. The molecule has 2 rings (SSSR count). The SMILES string of the molecule is Cn1nc(Br)cc1C1(C#N)CC1. The first-order valence-electron chi connectivity index (χ1n) is 3.79. The van der Waals surface area contributed by atoms with Gasteiger partial charge in [0.2, 0.25) is 0 Å². The standard InChI is InChI=1S/C8H8BrN3/c1-12-6(4-7(9)11-12)8(5-10)2-3-8/h4H,2-3H2,1H3. The molecule has 0 bridgehead atoms. The normalized spacial score (nSPS) is 18.8. The van der Waals surface area contributed by atoms with Gasteiger partial charge in [-0.15, -0.1) is 0 Å². The minimum Gasteiger partial charge on any atom is -0.270 e. The van der Waals surface area contributed by atoms with Gasteiger partial charge in [-0.3, -0.25) is 4.68 Å². The Balaban J connectivity index is 2.48. The van der Waals surface area contributed by atoms with Gasteiger partial charge in [-0.05, 0) is 34.8 Å². The fourth-order valence-electron chi connectivity index (χ4n) is 1.43. The van der Waals surface area contributed by atoms with Crippen LogP contribution in [-0.2, 0) is 12.5 Å². The summed E-state index contributed by atoms with van der Waals surface area (Å²) in [5.41, 5.74) is 0.796. The predicted molar refractivity (Wildman–Crippen MR) is 47.4 cm³/mol. The van der Waals surface area contributed by atoms with E-state index in [0.717, 1.165) is 23.1 Å². The third kappa shape index (κ3) is 0.969. The zero-order valence-corrected chi connectivity index (χ0v) is 8.30. The molecule has 0 N–H and O–H groups in total. The molecule has 12 heavy (non-hydrogen) atoms. The molecule has 1 fully saturated rings. The summed E-state index contributed by atoms with van der Waals surface area (Å²) in [4.78, 5) is 0. The second-order valence-corrected chi connectivity index (χ2v) is 3.98. The summed E-state index contributed by atoms with van der Waals surface area (Å²) in [7, 11) is 1.87. The lowest BCUT2D eigenvalue weighted by molar-refractivity contribution is 0.672. The van der Waals surface area contributed by atoms with Crippen LogP contribution in [0.15, 0.2) is 10.7 Å². The third-order valence-electron chi connectivity index (χ3n) is 2.30. The Labute approximate surface area is 79.1 Å². The maximum absolute atomic E-state index is 8.94. The molecule has 1 aromatic heterocycles. The highest BCUT2D eigenvalue weighted by molar-refractivity contribution is 9.10. The van der Waals surface area contributed by atoms with Crippen molar-refractivity contribution in [1.82, 2.24) is 9.78 Å². The van der Waals surface area contributed by atoms with Crippen LogP contribution in [0.3, 0.4) is 0 Å². The monoisotopic (exact) mass is 225 g/mol.